The molecule has 0 unspecified atom stereocenters. The molecule has 0 radical (unpaired) electrons. The molecule has 3 aromatic heterocycles. The molecule has 0 fully saturated rings. The number of pyridine rings is 1. The molecule has 4 rings (SSSR count). The first-order valence-corrected chi connectivity index (χ1v) is 13.6. The standard InChI is InChI=1S/C26H30N6O6S/c1-16-10-18(12-27-11-16)26-31-30-22(32(26)23-20(36-4)8-7-9-21(23)37-5)15-39(33,34)17(2)24(38-6)25-28-13-19(35-3)14-29-25/h7-14,17,24H,15H2,1-6H3/t17-,24-/m0/s1. The van der Waals surface area contributed by atoms with Gasteiger partial charge >= 0.3 is 0 Å². The van der Waals surface area contributed by atoms with Crippen LogP contribution in [0.25, 0.3) is 17.1 Å². The van der Waals surface area contributed by atoms with Crippen molar-refractivity contribution in [3.05, 3.63) is 66.3 Å². The summed E-state index contributed by atoms with van der Waals surface area (Å²) >= 11 is 0. The highest BCUT2D eigenvalue weighted by Gasteiger charge is 2.35. The fraction of sp³-hybridized carbons (Fsp3) is 0.346. The summed E-state index contributed by atoms with van der Waals surface area (Å²) in [5.74, 6) is 1.64. The normalized spacial score (nSPS) is 13.1. The molecule has 0 aliphatic rings. The number of sulfone groups is 1. The maximum Gasteiger partial charge on any atom is 0.170 e. The summed E-state index contributed by atoms with van der Waals surface area (Å²) in [6.07, 6.45) is 5.34. The van der Waals surface area contributed by atoms with Crippen LogP contribution < -0.4 is 14.2 Å². The average molecular weight is 555 g/mol. The molecule has 0 aliphatic carbocycles. The van der Waals surface area contributed by atoms with Crippen LogP contribution in [0.5, 0.6) is 17.2 Å². The van der Waals surface area contributed by atoms with E-state index in [1.165, 1.54) is 40.8 Å². The van der Waals surface area contributed by atoms with E-state index in [2.05, 4.69) is 25.1 Å². The van der Waals surface area contributed by atoms with Crippen molar-refractivity contribution < 1.29 is 27.4 Å². The molecule has 206 valence electrons. The monoisotopic (exact) mass is 554 g/mol. The van der Waals surface area contributed by atoms with Crippen LogP contribution >= 0.6 is 0 Å². The van der Waals surface area contributed by atoms with Crippen LogP contribution in [-0.4, -0.2) is 71.8 Å². The van der Waals surface area contributed by atoms with Gasteiger partial charge in [-0.15, -0.1) is 10.2 Å². The summed E-state index contributed by atoms with van der Waals surface area (Å²) in [5.41, 5.74) is 2.01. The molecule has 1 aromatic carbocycles. The second kappa shape index (κ2) is 11.7. The van der Waals surface area contributed by atoms with Crippen molar-refractivity contribution in [1.29, 1.82) is 0 Å². The molecule has 13 heteroatoms. The highest BCUT2D eigenvalue weighted by molar-refractivity contribution is 7.91. The molecule has 0 N–H and O–H groups in total. The predicted octanol–water partition coefficient (Wildman–Crippen LogP) is 3.14. The average Bonchev–Trinajstić information content (AvgIpc) is 3.35. The smallest absolute Gasteiger partial charge is 0.170 e. The van der Waals surface area contributed by atoms with Crippen LogP contribution in [0, 0.1) is 6.92 Å². The minimum Gasteiger partial charge on any atom is -0.494 e. The van der Waals surface area contributed by atoms with E-state index >= 15 is 0 Å². The Morgan fingerprint density at radius 1 is 0.923 bits per heavy atom. The second-order valence-corrected chi connectivity index (χ2v) is 11.0. The van der Waals surface area contributed by atoms with Crippen LogP contribution in [0.15, 0.2) is 49.1 Å². The quantitative estimate of drug-likeness (QED) is 0.270. The van der Waals surface area contributed by atoms with E-state index in [0.717, 1.165) is 5.56 Å². The first kappa shape index (κ1) is 27.9. The van der Waals surface area contributed by atoms with Gasteiger partial charge in [0.05, 0.1) is 39.0 Å². The van der Waals surface area contributed by atoms with E-state index in [1.807, 2.05) is 13.0 Å². The molecule has 0 aliphatic heterocycles. The lowest BCUT2D eigenvalue weighted by atomic mass is 10.2. The van der Waals surface area contributed by atoms with Gasteiger partial charge in [-0.3, -0.25) is 9.55 Å². The van der Waals surface area contributed by atoms with Gasteiger partial charge < -0.3 is 18.9 Å². The second-order valence-electron chi connectivity index (χ2n) is 8.69. The fourth-order valence-corrected chi connectivity index (χ4v) is 5.57. The Kier molecular flexibility index (Phi) is 8.41. The third-order valence-electron chi connectivity index (χ3n) is 6.20. The summed E-state index contributed by atoms with van der Waals surface area (Å²) < 4.78 is 51.1. The van der Waals surface area contributed by atoms with Gasteiger partial charge in [0.1, 0.15) is 29.0 Å². The zero-order valence-corrected chi connectivity index (χ0v) is 23.3. The lowest BCUT2D eigenvalue weighted by Crippen LogP contribution is -2.30. The minimum atomic E-state index is -3.89. The van der Waals surface area contributed by atoms with Crippen molar-refractivity contribution in [3.63, 3.8) is 0 Å². The van der Waals surface area contributed by atoms with E-state index < -0.39 is 26.9 Å². The number of aryl methyl sites for hydroxylation is 1. The summed E-state index contributed by atoms with van der Waals surface area (Å²) in [4.78, 5) is 12.7. The van der Waals surface area contributed by atoms with Gasteiger partial charge in [-0.05, 0) is 37.6 Å². The maximum atomic E-state index is 13.8. The molecule has 4 aromatic rings. The van der Waals surface area contributed by atoms with Gasteiger partial charge in [-0.1, -0.05) is 6.07 Å². The Morgan fingerprint density at radius 3 is 2.15 bits per heavy atom. The van der Waals surface area contributed by atoms with Gasteiger partial charge in [-0.2, -0.15) is 0 Å². The molecular weight excluding hydrogens is 524 g/mol. The molecule has 0 amide bonds. The minimum absolute atomic E-state index is 0.159. The first-order chi connectivity index (χ1) is 18.7. The lowest BCUT2D eigenvalue weighted by molar-refractivity contribution is 0.0946. The highest BCUT2D eigenvalue weighted by Crippen LogP contribution is 2.37. The zero-order chi connectivity index (χ0) is 28.2. The van der Waals surface area contributed by atoms with Crippen LogP contribution in [-0.2, 0) is 20.3 Å². The predicted molar refractivity (Wildman–Crippen MR) is 143 cm³/mol. The van der Waals surface area contributed by atoms with Gasteiger partial charge in [0.2, 0.25) is 0 Å². The maximum absolute atomic E-state index is 13.8. The van der Waals surface area contributed by atoms with Crippen LogP contribution in [0.1, 0.15) is 30.2 Å². The number of benzene rings is 1. The molecule has 39 heavy (non-hydrogen) atoms. The van der Waals surface area contributed by atoms with E-state index in [1.54, 1.807) is 42.1 Å². The molecule has 2 atom stereocenters. The summed E-state index contributed by atoms with van der Waals surface area (Å²) in [6.45, 7) is 3.45. The van der Waals surface area contributed by atoms with Gasteiger partial charge in [0.15, 0.2) is 33.1 Å². The fourth-order valence-electron chi connectivity index (χ4n) is 4.15. The van der Waals surface area contributed by atoms with Crippen molar-refractivity contribution in [2.45, 2.75) is 31.0 Å². The SMILES string of the molecule is COc1cnc([C@@H](OC)[C@H](C)S(=O)(=O)Cc2nnc(-c3cncc(C)c3)n2-c2c(OC)cccc2OC)nc1. The zero-order valence-electron chi connectivity index (χ0n) is 22.5. The molecule has 0 saturated heterocycles. The van der Waals surface area contributed by atoms with Crippen molar-refractivity contribution in [3.8, 4) is 34.3 Å². The number of hydrogen-bond donors (Lipinski definition) is 0. The molecule has 12 nitrogen and oxygen atoms in total. The number of rotatable bonds is 11. The van der Waals surface area contributed by atoms with Gasteiger partial charge in [-0.25, -0.2) is 18.4 Å². The summed E-state index contributed by atoms with van der Waals surface area (Å²) in [6, 6.07) is 7.16. The largest absolute Gasteiger partial charge is 0.494 e. The Hall–Kier alpha value is -4.10. The molecular formula is C26H30N6O6S. The number of nitrogens with zero attached hydrogens (tertiary/aromatic N) is 6. The van der Waals surface area contributed by atoms with Crippen molar-refractivity contribution in [2.24, 2.45) is 0 Å². The van der Waals surface area contributed by atoms with E-state index in [9.17, 15) is 8.42 Å². The molecule has 0 spiro atoms. The first-order valence-electron chi connectivity index (χ1n) is 11.9. The van der Waals surface area contributed by atoms with Crippen molar-refractivity contribution >= 4 is 9.84 Å². The Balaban J connectivity index is 1.82. The highest BCUT2D eigenvalue weighted by atomic mass is 32.2. The topological polar surface area (TPSA) is 140 Å². The Labute approximate surface area is 226 Å². The van der Waals surface area contributed by atoms with Gasteiger partial charge in [0, 0.05) is 25.1 Å². The van der Waals surface area contributed by atoms with Crippen molar-refractivity contribution in [1.82, 2.24) is 29.7 Å². The third-order valence-corrected chi connectivity index (χ3v) is 8.24. The van der Waals surface area contributed by atoms with Crippen LogP contribution in [0.3, 0.4) is 0 Å². The number of para-hydroxylation sites is 1. The molecule has 0 bridgehead atoms. The lowest BCUT2D eigenvalue weighted by Gasteiger charge is -2.22. The third kappa shape index (κ3) is 5.68. The van der Waals surface area contributed by atoms with Crippen LogP contribution in [0.4, 0.5) is 0 Å². The van der Waals surface area contributed by atoms with Crippen molar-refractivity contribution in [2.75, 3.05) is 28.4 Å². The number of ether oxygens (including phenoxy) is 4. The van der Waals surface area contributed by atoms with Gasteiger partial charge in [0.25, 0.3) is 0 Å². The molecule has 0 saturated carbocycles. The number of aromatic nitrogens is 6. The summed E-state index contributed by atoms with van der Waals surface area (Å²) in [7, 11) is 2.06. The Bertz CT molecular complexity index is 1520. The summed E-state index contributed by atoms with van der Waals surface area (Å²) in [5, 5.41) is 7.65. The van der Waals surface area contributed by atoms with E-state index in [0.29, 0.717) is 34.3 Å². The number of methoxy groups -OCH3 is 4. The molecule has 3 heterocycles. The Morgan fingerprint density at radius 2 is 1.59 bits per heavy atom. The van der Waals surface area contributed by atoms with E-state index in [-0.39, 0.29) is 11.6 Å². The van der Waals surface area contributed by atoms with Crippen LogP contribution in [0.2, 0.25) is 0 Å². The van der Waals surface area contributed by atoms with E-state index in [4.69, 9.17) is 18.9 Å². The number of hydrogen-bond acceptors (Lipinski definition) is 11.